The van der Waals surface area contributed by atoms with Gasteiger partial charge in [0.15, 0.2) is 11.6 Å². The molecule has 0 N–H and O–H groups in total. The molecule has 1 fully saturated rings. The minimum absolute atomic E-state index is 0.00236. The van der Waals surface area contributed by atoms with Crippen molar-refractivity contribution in [2.24, 2.45) is 0 Å². The molecule has 4 heteroatoms. The molecule has 0 aromatic carbocycles. The Hall–Kier alpha value is -0.740. The summed E-state index contributed by atoms with van der Waals surface area (Å²) in [6, 6.07) is 0. The quantitative estimate of drug-likeness (QED) is 0.667. The maximum atomic E-state index is 12.1. The Morgan fingerprint density at radius 2 is 2.00 bits per heavy atom. The van der Waals surface area contributed by atoms with Crippen LogP contribution in [0, 0.1) is 0 Å². The first-order valence-corrected chi connectivity index (χ1v) is 6.23. The van der Waals surface area contributed by atoms with E-state index in [2.05, 4.69) is 6.92 Å². The number of methoxy groups -OCH3 is 2. The van der Waals surface area contributed by atoms with Crippen molar-refractivity contribution in [3.05, 3.63) is 0 Å². The van der Waals surface area contributed by atoms with Gasteiger partial charge in [0, 0.05) is 27.1 Å². The van der Waals surface area contributed by atoms with Crippen molar-refractivity contribution in [3.8, 4) is 0 Å². The van der Waals surface area contributed by atoms with Crippen LogP contribution >= 0.6 is 0 Å². The maximum Gasteiger partial charge on any atom is 0.168 e. The molecule has 98 valence electrons. The van der Waals surface area contributed by atoms with Gasteiger partial charge >= 0.3 is 0 Å². The number of hydrogen-bond donors (Lipinski definition) is 0. The van der Waals surface area contributed by atoms with E-state index in [0.717, 1.165) is 19.3 Å². The summed E-state index contributed by atoms with van der Waals surface area (Å²) in [4.78, 5) is 23.9. The van der Waals surface area contributed by atoms with E-state index in [9.17, 15) is 9.59 Å². The van der Waals surface area contributed by atoms with E-state index in [1.807, 2.05) is 0 Å². The van der Waals surface area contributed by atoms with Gasteiger partial charge in [-0.1, -0.05) is 26.2 Å². The van der Waals surface area contributed by atoms with Gasteiger partial charge in [-0.05, 0) is 6.42 Å². The maximum absolute atomic E-state index is 12.1. The summed E-state index contributed by atoms with van der Waals surface area (Å²) in [6.45, 7) is 2.11. The number of carbonyl (C=O) groups excluding carboxylic acids is 2. The third-order valence-corrected chi connectivity index (χ3v) is 3.56. The Morgan fingerprint density at radius 1 is 1.29 bits per heavy atom. The van der Waals surface area contributed by atoms with E-state index in [0.29, 0.717) is 6.42 Å². The summed E-state index contributed by atoms with van der Waals surface area (Å²) < 4.78 is 10.4. The van der Waals surface area contributed by atoms with Gasteiger partial charge in [0.2, 0.25) is 0 Å². The van der Waals surface area contributed by atoms with Crippen LogP contribution in [0.3, 0.4) is 0 Å². The second-order valence-electron chi connectivity index (χ2n) is 4.65. The molecular formula is C13H22O4. The number of rotatable bonds is 6. The molecule has 0 aromatic heterocycles. The highest BCUT2D eigenvalue weighted by molar-refractivity contribution is 6.01. The van der Waals surface area contributed by atoms with Gasteiger partial charge in [0.1, 0.15) is 11.7 Å². The van der Waals surface area contributed by atoms with Gasteiger partial charge in [-0.2, -0.15) is 0 Å². The molecule has 0 saturated heterocycles. The largest absolute Gasteiger partial charge is 0.373 e. The van der Waals surface area contributed by atoms with Gasteiger partial charge in [-0.25, -0.2) is 0 Å². The predicted molar refractivity (Wildman–Crippen MR) is 63.9 cm³/mol. The first-order chi connectivity index (χ1) is 8.09. The SMILES string of the molecule is CCCCCC1(OC)CC(=O)C(OC)CC1=O. The predicted octanol–water partition coefficient (Wildman–Crippen LogP) is 1.90. The number of ether oxygens (including phenoxy) is 2. The molecule has 17 heavy (non-hydrogen) atoms. The number of ketones is 2. The highest BCUT2D eigenvalue weighted by Gasteiger charge is 2.46. The molecule has 0 spiro atoms. The third kappa shape index (κ3) is 3.13. The van der Waals surface area contributed by atoms with E-state index in [4.69, 9.17) is 9.47 Å². The first-order valence-electron chi connectivity index (χ1n) is 6.23. The van der Waals surface area contributed by atoms with Crippen molar-refractivity contribution in [2.75, 3.05) is 14.2 Å². The Kier molecular flexibility index (Phi) is 5.28. The van der Waals surface area contributed by atoms with Crippen molar-refractivity contribution in [3.63, 3.8) is 0 Å². The van der Waals surface area contributed by atoms with Gasteiger partial charge in [-0.15, -0.1) is 0 Å². The lowest BCUT2D eigenvalue weighted by molar-refractivity contribution is -0.161. The lowest BCUT2D eigenvalue weighted by Crippen LogP contribution is -2.51. The van der Waals surface area contributed by atoms with Crippen LogP contribution in [0.15, 0.2) is 0 Å². The van der Waals surface area contributed by atoms with Crippen LogP contribution in [-0.4, -0.2) is 37.5 Å². The second-order valence-corrected chi connectivity index (χ2v) is 4.65. The number of hydrogen-bond acceptors (Lipinski definition) is 4. The summed E-state index contributed by atoms with van der Waals surface area (Å²) in [5.74, 6) is -0.0204. The fraction of sp³-hybridized carbons (Fsp3) is 0.846. The normalized spacial score (nSPS) is 29.7. The summed E-state index contributed by atoms with van der Waals surface area (Å²) >= 11 is 0. The standard InChI is InChI=1S/C13H22O4/c1-4-5-6-7-13(17-3)9-10(14)11(16-2)8-12(13)15/h11H,4-9H2,1-3H3. The van der Waals surface area contributed by atoms with Crippen molar-refractivity contribution in [2.45, 2.75) is 57.2 Å². The van der Waals surface area contributed by atoms with E-state index < -0.39 is 11.7 Å². The minimum atomic E-state index is -0.888. The zero-order valence-electron chi connectivity index (χ0n) is 11.0. The molecule has 0 aromatic rings. The fourth-order valence-electron chi connectivity index (χ4n) is 2.35. The summed E-state index contributed by atoms with van der Waals surface area (Å²) in [7, 11) is 2.98. The van der Waals surface area contributed by atoms with Crippen molar-refractivity contribution in [1.82, 2.24) is 0 Å². The second kappa shape index (κ2) is 6.26. The zero-order valence-corrected chi connectivity index (χ0v) is 11.0. The van der Waals surface area contributed by atoms with E-state index in [1.165, 1.54) is 14.2 Å². The average molecular weight is 242 g/mol. The Balaban J connectivity index is 2.71. The van der Waals surface area contributed by atoms with Crippen LogP contribution in [0.1, 0.15) is 45.4 Å². The number of unbranched alkanes of at least 4 members (excludes halogenated alkanes) is 2. The molecule has 1 aliphatic rings. The lowest BCUT2D eigenvalue weighted by atomic mass is 9.78. The van der Waals surface area contributed by atoms with Crippen molar-refractivity contribution in [1.29, 1.82) is 0 Å². The Labute approximate surface area is 103 Å². The van der Waals surface area contributed by atoms with Gasteiger partial charge in [0.05, 0.1) is 0 Å². The van der Waals surface area contributed by atoms with E-state index >= 15 is 0 Å². The molecule has 0 aliphatic heterocycles. The molecular weight excluding hydrogens is 220 g/mol. The van der Waals surface area contributed by atoms with Crippen LogP contribution < -0.4 is 0 Å². The molecule has 0 bridgehead atoms. The smallest absolute Gasteiger partial charge is 0.168 e. The third-order valence-electron chi connectivity index (χ3n) is 3.56. The molecule has 1 rings (SSSR count). The van der Waals surface area contributed by atoms with E-state index in [-0.39, 0.29) is 24.4 Å². The highest BCUT2D eigenvalue weighted by Crippen LogP contribution is 2.32. The average Bonchev–Trinajstić information content (AvgIpc) is 2.33. The monoisotopic (exact) mass is 242 g/mol. The van der Waals surface area contributed by atoms with Gasteiger partial charge in [-0.3, -0.25) is 9.59 Å². The molecule has 2 unspecified atom stereocenters. The van der Waals surface area contributed by atoms with Crippen LogP contribution in [-0.2, 0) is 19.1 Å². The first kappa shape index (κ1) is 14.3. The number of Topliss-reactive ketones (excluding diaryl/α,β-unsaturated/α-hetero) is 2. The molecule has 1 aliphatic carbocycles. The minimum Gasteiger partial charge on any atom is -0.373 e. The van der Waals surface area contributed by atoms with Crippen LogP contribution in [0.5, 0.6) is 0 Å². The highest BCUT2D eigenvalue weighted by atomic mass is 16.5. The molecule has 2 atom stereocenters. The Morgan fingerprint density at radius 3 is 2.53 bits per heavy atom. The van der Waals surface area contributed by atoms with Gasteiger partial charge in [0.25, 0.3) is 0 Å². The van der Waals surface area contributed by atoms with Crippen LogP contribution in [0.2, 0.25) is 0 Å². The lowest BCUT2D eigenvalue weighted by Gasteiger charge is -2.36. The molecule has 0 amide bonds. The summed E-state index contributed by atoms with van der Waals surface area (Å²) in [5.41, 5.74) is -0.888. The Bertz CT molecular complexity index is 287. The van der Waals surface area contributed by atoms with E-state index in [1.54, 1.807) is 0 Å². The summed E-state index contributed by atoms with van der Waals surface area (Å²) in [5, 5.41) is 0. The van der Waals surface area contributed by atoms with Crippen molar-refractivity contribution >= 4 is 11.6 Å². The number of carbonyl (C=O) groups is 2. The zero-order chi connectivity index (χ0) is 12.9. The van der Waals surface area contributed by atoms with Gasteiger partial charge < -0.3 is 9.47 Å². The molecule has 4 nitrogen and oxygen atoms in total. The van der Waals surface area contributed by atoms with Crippen LogP contribution in [0.4, 0.5) is 0 Å². The molecule has 0 heterocycles. The molecule has 0 radical (unpaired) electrons. The van der Waals surface area contributed by atoms with Crippen LogP contribution in [0.25, 0.3) is 0 Å². The topological polar surface area (TPSA) is 52.6 Å². The molecule has 1 saturated carbocycles. The fourth-order valence-corrected chi connectivity index (χ4v) is 2.35. The summed E-state index contributed by atoms with van der Waals surface area (Å²) in [6.07, 6.45) is 3.43. The van der Waals surface area contributed by atoms with Crippen molar-refractivity contribution < 1.29 is 19.1 Å².